The first-order valence-corrected chi connectivity index (χ1v) is 15.9. The van der Waals surface area contributed by atoms with Crippen LogP contribution in [0.5, 0.6) is 0 Å². The van der Waals surface area contributed by atoms with Crippen LogP contribution in [0, 0.1) is 46.3 Å². The van der Waals surface area contributed by atoms with E-state index in [2.05, 4.69) is 26.1 Å². The van der Waals surface area contributed by atoms with Crippen molar-refractivity contribution in [1.82, 2.24) is 5.32 Å². The maximum Gasteiger partial charge on any atom is 0.267 e. The highest BCUT2D eigenvalue weighted by Gasteiger charge is 2.60. The Balaban J connectivity index is 1.19. The zero-order chi connectivity index (χ0) is 25.2. The highest BCUT2D eigenvalue weighted by atomic mass is 32.2. The van der Waals surface area contributed by atoms with Crippen molar-refractivity contribution in [3.63, 3.8) is 0 Å². The van der Waals surface area contributed by atoms with Crippen molar-refractivity contribution >= 4 is 16.0 Å². The Morgan fingerprint density at radius 1 is 0.971 bits per heavy atom. The molecule has 6 nitrogen and oxygen atoms in total. The Hall–Kier alpha value is -0.660. The summed E-state index contributed by atoms with van der Waals surface area (Å²) in [6.45, 7) is 7.42. The minimum Gasteiger partial charge on any atom is -0.393 e. The molecule has 9 atom stereocenters. The van der Waals surface area contributed by atoms with Gasteiger partial charge in [-0.3, -0.25) is 9.35 Å². The topological polar surface area (TPSA) is 104 Å². The molecular weight excluding hydrogens is 462 g/mol. The summed E-state index contributed by atoms with van der Waals surface area (Å²) in [5.74, 6) is 3.79. The third kappa shape index (κ3) is 4.83. The van der Waals surface area contributed by atoms with Gasteiger partial charge in [0.05, 0.1) is 17.4 Å². The summed E-state index contributed by atoms with van der Waals surface area (Å²) in [5.41, 5.74) is 0.0318. The minimum absolute atomic E-state index is 0.0767. The number of fused-ring (bicyclic) bond motifs is 5. The van der Waals surface area contributed by atoms with E-state index >= 15 is 0 Å². The predicted octanol–water partition coefficient (Wildman–Crippen LogP) is 4.96. The van der Waals surface area contributed by atoms with Crippen LogP contribution in [0.1, 0.15) is 104 Å². The molecule has 0 aromatic rings. The standard InChI is InChI=1S/C28H47NO5S/c1-18(4-9-25(31)29-28(14-15-28)17-35(32,33)34)22-7-8-23-21-6-5-19-16-20(30)10-12-26(19,2)24(21)11-13-27(22,23)3/h18-24,30H,4-17H2,1-3H3,(H,29,31)(H,32,33,34). The van der Waals surface area contributed by atoms with Gasteiger partial charge in [-0.25, -0.2) is 0 Å². The second-order valence-corrected chi connectivity index (χ2v) is 15.3. The largest absolute Gasteiger partial charge is 0.393 e. The summed E-state index contributed by atoms with van der Waals surface area (Å²) in [6.07, 6.45) is 13.4. The normalized spacial score (nSPS) is 45.1. The maximum absolute atomic E-state index is 12.6. The van der Waals surface area contributed by atoms with Crippen LogP contribution >= 0.6 is 0 Å². The van der Waals surface area contributed by atoms with Crippen LogP contribution in [0.15, 0.2) is 0 Å². The first-order chi connectivity index (χ1) is 16.4. The number of carbonyl (C=O) groups is 1. The number of rotatable bonds is 7. The molecule has 0 heterocycles. The van der Waals surface area contributed by atoms with Gasteiger partial charge in [0.25, 0.3) is 10.1 Å². The fraction of sp³-hybridized carbons (Fsp3) is 0.964. The third-order valence-electron chi connectivity index (χ3n) is 11.9. The van der Waals surface area contributed by atoms with E-state index in [1.54, 1.807) is 0 Å². The van der Waals surface area contributed by atoms with Crippen molar-refractivity contribution in [2.24, 2.45) is 46.3 Å². The predicted molar refractivity (Wildman–Crippen MR) is 136 cm³/mol. The van der Waals surface area contributed by atoms with Crippen LogP contribution < -0.4 is 5.32 Å². The summed E-state index contributed by atoms with van der Waals surface area (Å²) in [7, 11) is -4.08. The zero-order valence-electron chi connectivity index (χ0n) is 22.0. The lowest BCUT2D eigenvalue weighted by Gasteiger charge is -2.61. The lowest BCUT2D eigenvalue weighted by atomic mass is 9.44. The van der Waals surface area contributed by atoms with Gasteiger partial charge >= 0.3 is 0 Å². The van der Waals surface area contributed by atoms with E-state index in [-0.39, 0.29) is 17.8 Å². The molecule has 5 rings (SSSR count). The summed E-state index contributed by atoms with van der Waals surface area (Å²) in [6, 6.07) is 0. The molecule has 3 N–H and O–H groups in total. The quantitative estimate of drug-likeness (QED) is 0.421. The molecule has 0 aliphatic heterocycles. The molecule has 1 amide bonds. The second kappa shape index (κ2) is 8.97. The van der Waals surface area contributed by atoms with Crippen molar-refractivity contribution in [2.75, 3.05) is 5.75 Å². The van der Waals surface area contributed by atoms with Crippen LogP contribution in [0.25, 0.3) is 0 Å². The molecule has 0 radical (unpaired) electrons. The van der Waals surface area contributed by atoms with Gasteiger partial charge in [-0.2, -0.15) is 8.42 Å². The number of aliphatic hydroxyl groups excluding tert-OH is 1. The van der Waals surface area contributed by atoms with Gasteiger partial charge in [0.1, 0.15) is 0 Å². The van der Waals surface area contributed by atoms with Crippen molar-refractivity contribution in [2.45, 2.75) is 116 Å². The number of carbonyl (C=O) groups excluding carboxylic acids is 1. The fourth-order valence-corrected chi connectivity index (χ4v) is 11.0. The first kappa shape index (κ1) is 26.0. The molecule has 0 spiro atoms. The Kier molecular flexibility index (Phi) is 6.66. The molecular formula is C28H47NO5S. The van der Waals surface area contributed by atoms with Crippen molar-refractivity contribution in [1.29, 1.82) is 0 Å². The van der Waals surface area contributed by atoms with E-state index in [9.17, 15) is 22.9 Å². The molecule has 5 aliphatic rings. The first-order valence-electron chi connectivity index (χ1n) is 14.3. The van der Waals surface area contributed by atoms with E-state index in [4.69, 9.17) is 0 Å². The highest BCUT2D eigenvalue weighted by Crippen LogP contribution is 2.68. The highest BCUT2D eigenvalue weighted by molar-refractivity contribution is 7.85. The SMILES string of the molecule is CC(CCC(=O)NC1(CS(=O)(=O)O)CC1)C1CCC2C3CCC4CC(O)CCC4(C)C3CCC12C. The van der Waals surface area contributed by atoms with Crippen molar-refractivity contribution in [3.05, 3.63) is 0 Å². The Morgan fingerprint density at radius 2 is 1.66 bits per heavy atom. The van der Waals surface area contributed by atoms with Crippen LogP contribution in [0.3, 0.4) is 0 Å². The number of nitrogens with one attached hydrogen (secondary N) is 1. The molecule has 5 aliphatic carbocycles. The van der Waals surface area contributed by atoms with E-state index in [0.29, 0.717) is 47.8 Å². The Bertz CT molecular complexity index is 932. The van der Waals surface area contributed by atoms with E-state index in [1.165, 1.54) is 44.9 Å². The van der Waals surface area contributed by atoms with Gasteiger partial charge < -0.3 is 10.4 Å². The van der Waals surface area contributed by atoms with E-state index < -0.39 is 15.7 Å². The monoisotopic (exact) mass is 509 g/mol. The van der Waals surface area contributed by atoms with Gasteiger partial charge in [0.2, 0.25) is 5.91 Å². The molecule has 200 valence electrons. The van der Waals surface area contributed by atoms with Gasteiger partial charge in [0.15, 0.2) is 0 Å². The van der Waals surface area contributed by atoms with Crippen molar-refractivity contribution in [3.8, 4) is 0 Å². The second-order valence-electron chi connectivity index (χ2n) is 13.9. The van der Waals surface area contributed by atoms with E-state index in [0.717, 1.165) is 37.0 Å². The number of amides is 1. The number of hydrogen-bond acceptors (Lipinski definition) is 4. The molecule has 5 fully saturated rings. The molecule has 7 heteroatoms. The van der Waals surface area contributed by atoms with Crippen LogP contribution in [0.2, 0.25) is 0 Å². The molecule has 5 saturated carbocycles. The Labute approximate surface area is 212 Å². The average Bonchev–Trinajstić information content (AvgIpc) is 3.39. The molecule has 0 saturated heterocycles. The van der Waals surface area contributed by atoms with Crippen molar-refractivity contribution < 1.29 is 22.9 Å². The minimum atomic E-state index is -4.08. The lowest BCUT2D eigenvalue weighted by Crippen LogP contribution is -2.54. The van der Waals surface area contributed by atoms with Gasteiger partial charge in [-0.1, -0.05) is 20.8 Å². The molecule has 0 bridgehead atoms. The van der Waals surface area contributed by atoms with E-state index in [1.807, 2.05) is 0 Å². The fourth-order valence-electron chi connectivity index (χ4n) is 9.93. The summed E-state index contributed by atoms with van der Waals surface area (Å²) in [4.78, 5) is 12.6. The molecule has 0 aromatic heterocycles. The third-order valence-corrected chi connectivity index (χ3v) is 12.9. The number of aliphatic hydroxyl groups is 1. The zero-order valence-corrected chi connectivity index (χ0v) is 22.8. The van der Waals surface area contributed by atoms with Crippen LogP contribution in [0.4, 0.5) is 0 Å². The van der Waals surface area contributed by atoms with Gasteiger partial charge in [-0.05, 0) is 123 Å². The Morgan fingerprint density at radius 3 is 2.34 bits per heavy atom. The van der Waals surface area contributed by atoms with Crippen LogP contribution in [-0.4, -0.2) is 41.4 Å². The van der Waals surface area contributed by atoms with Gasteiger partial charge in [-0.15, -0.1) is 0 Å². The summed E-state index contributed by atoms with van der Waals surface area (Å²) in [5, 5.41) is 13.2. The van der Waals surface area contributed by atoms with Gasteiger partial charge in [0, 0.05) is 6.42 Å². The lowest BCUT2D eigenvalue weighted by molar-refractivity contribution is -0.130. The molecule has 0 aromatic carbocycles. The summed E-state index contributed by atoms with van der Waals surface area (Å²) >= 11 is 0. The number of hydrogen-bond donors (Lipinski definition) is 3. The average molecular weight is 510 g/mol. The maximum atomic E-state index is 12.6. The smallest absolute Gasteiger partial charge is 0.267 e. The molecule has 35 heavy (non-hydrogen) atoms. The van der Waals surface area contributed by atoms with Crippen LogP contribution in [-0.2, 0) is 14.9 Å². The summed E-state index contributed by atoms with van der Waals surface area (Å²) < 4.78 is 31.8. The molecule has 9 unspecified atom stereocenters.